The number of carbonyl (C=O) groups excluding carboxylic acids is 1. The number of carbonyl (C=O) groups is 2. The van der Waals surface area contributed by atoms with Crippen LogP contribution in [0, 0.1) is 6.92 Å². The molecule has 3 aromatic heterocycles. The van der Waals surface area contributed by atoms with E-state index in [1.165, 1.54) is 0 Å². The fourth-order valence-corrected chi connectivity index (χ4v) is 4.87. The van der Waals surface area contributed by atoms with E-state index in [2.05, 4.69) is 28.8 Å². The Bertz CT molecular complexity index is 1620. The zero-order valence-corrected chi connectivity index (χ0v) is 21.4. The van der Waals surface area contributed by atoms with Gasteiger partial charge in [-0.15, -0.1) is 5.10 Å². The van der Waals surface area contributed by atoms with E-state index in [-0.39, 0.29) is 12.5 Å². The molecule has 1 saturated heterocycles. The van der Waals surface area contributed by atoms with Crippen molar-refractivity contribution < 1.29 is 19.4 Å². The van der Waals surface area contributed by atoms with E-state index in [4.69, 9.17) is 30.5 Å². The van der Waals surface area contributed by atoms with Gasteiger partial charge in [-0.3, -0.25) is 14.2 Å². The maximum Gasteiger partial charge on any atom is 0.290 e. The summed E-state index contributed by atoms with van der Waals surface area (Å²) in [5.74, 6) is 0.760. The Morgan fingerprint density at radius 1 is 1.18 bits per heavy atom. The van der Waals surface area contributed by atoms with Gasteiger partial charge in [0.15, 0.2) is 5.82 Å². The molecular weight excluding hydrogens is 498 g/mol. The summed E-state index contributed by atoms with van der Waals surface area (Å²) in [5, 5.41) is 19.7. The van der Waals surface area contributed by atoms with E-state index < -0.39 is 5.91 Å². The van der Waals surface area contributed by atoms with Crippen molar-refractivity contribution in [2.24, 2.45) is 5.73 Å². The number of fused-ring (bicyclic) bond motifs is 2. The van der Waals surface area contributed by atoms with Crippen molar-refractivity contribution in [3.05, 3.63) is 89.2 Å². The second-order valence-corrected chi connectivity index (χ2v) is 9.07. The van der Waals surface area contributed by atoms with Crippen LogP contribution < -0.4 is 16.4 Å². The Labute approximate surface area is 224 Å². The molecule has 1 aliphatic rings. The van der Waals surface area contributed by atoms with Crippen molar-refractivity contribution >= 4 is 34.6 Å². The molecule has 0 saturated carbocycles. The van der Waals surface area contributed by atoms with E-state index in [1.54, 1.807) is 6.07 Å². The summed E-state index contributed by atoms with van der Waals surface area (Å²) in [4.78, 5) is 25.4. The minimum atomic E-state index is -0.463. The molecule has 6 rings (SSSR count). The Kier molecular flexibility index (Phi) is 7.53. The number of hydrogen-bond acceptors (Lipinski definition) is 7. The monoisotopic (exact) mass is 527 g/mol. The molecule has 39 heavy (non-hydrogen) atoms. The third-order valence-corrected chi connectivity index (χ3v) is 6.61. The molecular formula is C28H29N7O4. The van der Waals surface area contributed by atoms with Gasteiger partial charge in [0.05, 0.1) is 30.5 Å². The Morgan fingerprint density at radius 2 is 1.97 bits per heavy atom. The highest BCUT2D eigenvalue weighted by atomic mass is 16.5. The quantitative estimate of drug-likeness (QED) is 0.246. The first-order chi connectivity index (χ1) is 19.0. The van der Waals surface area contributed by atoms with Gasteiger partial charge in [0, 0.05) is 29.7 Å². The van der Waals surface area contributed by atoms with Gasteiger partial charge in [-0.05, 0) is 42.8 Å². The van der Waals surface area contributed by atoms with Gasteiger partial charge in [-0.2, -0.15) is 4.98 Å². The van der Waals surface area contributed by atoms with Crippen LogP contribution in [-0.2, 0) is 16.1 Å². The fraction of sp³-hybridized carbons (Fsp3) is 0.214. The summed E-state index contributed by atoms with van der Waals surface area (Å²) in [6.45, 7) is 4.40. The lowest BCUT2D eigenvalue weighted by Gasteiger charge is -2.23. The molecule has 1 amide bonds. The van der Waals surface area contributed by atoms with Gasteiger partial charge in [-0.25, -0.2) is 4.52 Å². The number of amides is 1. The molecule has 200 valence electrons. The lowest BCUT2D eigenvalue weighted by Crippen LogP contribution is -2.35. The van der Waals surface area contributed by atoms with Crippen LogP contribution in [0.2, 0.25) is 0 Å². The smallest absolute Gasteiger partial charge is 0.290 e. The number of hydrogen-bond donors (Lipinski definition) is 4. The highest BCUT2D eigenvalue weighted by molar-refractivity contribution is 6.06. The molecule has 4 heterocycles. The van der Waals surface area contributed by atoms with Crippen molar-refractivity contribution in [2.75, 3.05) is 25.1 Å². The summed E-state index contributed by atoms with van der Waals surface area (Å²) in [7, 11) is 0. The SMILES string of the molecule is Cc1cc2c(C(N)=O)cccc2n1-c1nc(NCc2ccccc2)c2ccc(C3COCCN3)n2n1.O=CO. The summed E-state index contributed by atoms with van der Waals surface area (Å²) in [6, 6.07) is 21.8. The summed E-state index contributed by atoms with van der Waals surface area (Å²) >= 11 is 0. The lowest BCUT2D eigenvalue weighted by molar-refractivity contribution is -0.122. The third-order valence-electron chi connectivity index (χ3n) is 6.61. The average molecular weight is 528 g/mol. The Balaban J connectivity index is 0.000000983. The second kappa shape index (κ2) is 11.3. The zero-order valence-electron chi connectivity index (χ0n) is 21.4. The molecule has 1 unspecified atom stereocenters. The average Bonchev–Trinajstić information content (AvgIpc) is 3.53. The van der Waals surface area contributed by atoms with Gasteiger partial charge < -0.3 is 26.2 Å². The molecule has 11 nitrogen and oxygen atoms in total. The molecule has 5 N–H and O–H groups in total. The normalized spacial score (nSPS) is 15.1. The van der Waals surface area contributed by atoms with E-state index in [1.807, 2.05) is 58.5 Å². The molecule has 5 aromatic rings. The number of anilines is 1. The number of aryl methyl sites for hydroxylation is 1. The number of carboxylic acid groups (broad SMARTS) is 1. The molecule has 0 spiro atoms. The predicted molar refractivity (Wildman–Crippen MR) is 147 cm³/mol. The topological polar surface area (TPSA) is 149 Å². The maximum atomic E-state index is 12.1. The number of nitrogens with one attached hydrogen (secondary N) is 2. The second-order valence-electron chi connectivity index (χ2n) is 9.07. The van der Waals surface area contributed by atoms with Crippen LogP contribution in [0.25, 0.3) is 22.4 Å². The third kappa shape index (κ3) is 5.17. The molecule has 1 atom stereocenters. The summed E-state index contributed by atoms with van der Waals surface area (Å²) in [6.07, 6.45) is 0. The number of nitrogens with two attached hydrogens (primary N) is 1. The first-order valence-electron chi connectivity index (χ1n) is 12.5. The summed E-state index contributed by atoms with van der Waals surface area (Å²) < 4.78 is 9.62. The van der Waals surface area contributed by atoms with Gasteiger partial charge in [0.25, 0.3) is 12.4 Å². The molecule has 0 aliphatic carbocycles. The number of ether oxygens (including phenoxy) is 1. The lowest BCUT2D eigenvalue weighted by atomic mass is 10.1. The molecule has 1 aliphatic heterocycles. The number of rotatable bonds is 6. The largest absolute Gasteiger partial charge is 0.483 e. The van der Waals surface area contributed by atoms with Crippen molar-refractivity contribution in [3.8, 4) is 5.95 Å². The standard InChI is InChI=1S/C27H27N7O2.CH2O2/c1-17-14-20-19(25(28)35)8-5-9-22(20)33(17)27-31-26(30-15-18-6-3-2-4-7-18)24-11-10-23(34(24)32-27)21-16-36-13-12-29-21;2-1-3/h2-11,14,21,29H,12-13,15-16H2,1H3,(H2,28,35)(H,30,31,32);1H,(H,2,3). The molecule has 1 fully saturated rings. The van der Waals surface area contributed by atoms with Crippen LogP contribution in [0.15, 0.2) is 66.7 Å². The number of nitrogens with zero attached hydrogens (tertiary/aromatic N) is 4. The first kappa shape index (κ1) is 25.9. The van der Waals surface area contributed by atoms with E-state index in [9.17, 15) is 4.79 Å². The van der Waals surface area contributed by atoms with Gasteiger partial charge in [0.2, 0.25) is 5.91 Å². The van der Waals surface area contributed by atoms with Crippen LogP contribution >= 0.6 is 0 Å². The van der Waals surface area contributed by atoms with Crippen LogP contribution in [0.1, 0.15) is 33.4 Å². The van der Waals surface area contributed by atoms with Crippen LogP contribution in [0.4, 0.5) is 5.82 Å². The highest BCUT2D eigenvalue weighted by Crippen LogP contribution is 2.28. The van der Waals surface area contributed by atoms with Gasteiger partial charge >= 0.3 is 0 Å². The fourth-order valence-electron chi connectivity index (χ4n) is 4.87. The molecule has 0 bridgehead atoms. The van der Waals surface area contributed by atoms with Crippen molar-refractivity contribution in [2.45, 2.75) is 19.5 Å². The van der Waals surface area contributed by atoms with E-state index in [0.29, 0.717) is 31.3 Å². The van der Waals surface area contributed by atoms with Crippen LogP contribution in [0.3, 0.4) is 0 Å². The Hall–Kier alpha value is -4.74. The van der Waals surface area contributed by atoms with Crippen LogP contribution in [-0.4, -0.2) is 56.4 Å². The Morgan fingerprint density at radius 3 is 2.69 bits per heavy atom. The minimum absolute atomic E-state index is 0.0231. The van der Waals surface area contributed by atoms with E-state index >= 15 is 0 Å². The minimum Gasteiger partial charge on any atom is -0.483 e. The van der Waals surface area contributed by atoms with E-state index in [0.717, 1.165) is 45.7 Å². The molecule has 0 radical (unpaired) electrons. The number of aromatic nitrogens is 4. The number of morpholine rings is 1. The number of primary amides is 1. The van der Waals surface area contributed by atoms with Crippen LogP contribution in [0.5, 0.6) is 0 Å². The van der Waals surface area contributed by atoms with Crippen molar-refractivity contribution in [3.63, 3.8) is 0 Å². The maximum absolute atomic E-state index is 12.1. The molecule has 11 heteroatoms. The van der Waals surface area contributed by atoms with Gasteiger partial charge in [0.1, 0.15) is 5.52 Å². The molecule has 2 aromatic carbocycles. The first-order valence-corrected chi connectivity index (χ1v) is 12.5. The highest BCUT2D eigenvalue weighted by Gasteiger charge is 2.22. The predicted octanol–water partition coefficient (Wildman–Crippen LogP) is 3.05. The van der Waals surface area contributed by atoms with Gasteiger partial charge in [-0.1, -0.05) is 36.4 Å². The number of benzene rings is 2. The zero-order chi connectivity index (χ0) is 27.4. The van der Waals surface area contributed by atoms with Crippen molar-refractivity contribution in [1.29, 1.82) is 0 Å². The van der Waals surface area contributed by atoms with Crippen molar-refractivity contribution in [1.82, 2.24) is 24.5 Å². The summed E-state index contributed by atoms with van der Waals surface area (Å²) in [5.41, 5.74) is 10.9.